The van der Waals surface area contributed by atoms with Crippen molar-refractivity contribution in [2.45, 2.75) is 19.8 Å². The summed E-state index contributed by atoms with van der Waals surface area (Å²) in [6, 6.07) is 17.4. The minimum absolute atomic E-state index is 0.155. The summed E-state index contributed by atoms with van der Waals surface area (Å²) in [5.41, 5.74) is 1.65. The van der Waals surface area contributed by atoms with E-state index in [0.29, 0.717) is 16.3 Å². The molecule has 0 saturated carbocycles. The first-order valence-electron chi connectivity index (χ1n) is 11.5. The van der Waals surface area contributed by atoms with Crippen molar-refractivity contribution in [3.05, 3.63) is 109 Å². The molecule has 0 radical (unpaired) electrons. The van der Waals surface area contributed by atoms with Crippen LogP contribution >= 0.6 is 0 Å². The third kappa shape index (κ3) is 3.79. The van der Waals surface area contributed by atoms with Crippen LogP contribution < -0.4 is 16.2 Å². The van der Waals surface area contributed by atoms with Gasteiger partial charge >= 0.3 is 11.3 Å². The number of benzene rings is 3. The number of fused-ring (bicyclic) bond motifs is 2. The third-order valence-electron chi connectivity index (χ3n) is 6.46. The van der Waals surface area contributed by atoms with Crippen LogP contribution in [0.15, 0.2) is 79.1 Å². The highest BCUT2D eigenvalue weighted by Crippen LogP contribution is 2.42. The Morgan fingerprint density at radius 2 is 1.14 bits per heavy atom. The van der Waals surface area contributed by atoms with Gasteiger partial charge in [0.25, 0.3) is 0 Å². The molecular formula is C29H25NO6. The molecule has 3 aromatic carbocycles. The molecule has 2 heterocycles. The maximum atomic E-state index is 13.3. The Kier molecular flexibility index (Phi) is 5.55. The van der Waals surface area contributed by atoms with Gasteiger partial charge in [-0.15, -0.1) is 0 Å². The van der Waals surface area contributed by atoms with Crippen molar-refractivity contribution in [2.24, 2.45) is 0 Å². The van der Waals surface area contributed by atoms with Crippen LogP contribution in [0.3, 0.4) is 0 Å². The summed E-state index contributed by atoms with van der Waals surface area (Å²) < 4.78 is 11.2. The lowest BCUT2D eigenvalue weighted by molar-refractivity contribution is 0.441. The van der Waals surface area contributed by atoms with Gasteiger partial charge in [0.05, 0.1) is 27.8 Å². The highest BCUT2D eigenvalue weighted by Gasteiger charge is 2.32. The summed E-state index contributed by atoms with van der Waals surface area (Å²) in [7, 11) is 3.79. The minimum Gasteiger partial charge on any atom is -0.507 e. The van der Waals surface area contributed by atoms with E-state index < -0.39 is 17.2 Å². The van der Waals surface area contributed by atoms with Crippen molar-refractivity contribution < 1.29 is 19.0 Å². The number of aryl methyl sites for hydroxylation is 2. The fraction of sp³-hybridized carbons (Fsp3) is 0.172. The summed E-state index contributed by atoms with van der Waals surface area (Å²) in [5.74, 6) is -1.78. The molecule has 0 spiro atoms. The number of hydrogen-bond acceptors (Lipinski definition) is 7. The zero-order chi connectivity index (χ0) is 25.7. The van der Waals surface area contributed by atoms with Gasteiger partial charge < -0.3 is 23.9 Å². The molecule has 7 nitrogen and oxygen atoms in total. The fourth-order valence-corrected chi connectivity index (χ4v) is 4.56. The van der Waals surface area contributed by atoms with Crippen molar-refractivity contribution in [1.29, 1.82) is 0 Å². The lowest BCUT2D eigenvalue weighted by atomic mass is 9.84. The van der Waals surface area contributed by atoms with E-state index in [2.05, 4.69) is 0 Å². The van der Waals surface area contributed by atoms with Crippen LogP contribution in [0, 0.1) is 13.8 Å². The lowest BCUT2D eigenvalue weighted by Gasteiger charge is -2.21. The number of anilines is 1. The second kappa shape index (κ2) is 8.61. The van der Waals surface area contributed by atoms with Gasteiger partial charge in [0.1, 0.15) is 22.7 Å². The van der Waals surface area contributed by atoms with Crippen molar-refractivity contribution >= 4 is 27.6 Å². The van der Waals surface area contributed by atoms with E-state index in [1.807, 2.05) is 45.0 Å². The summed E-state index contributed by atoms with van der Waals surface area (Å²) in [6.45, 7) is 3.69. The molecule has 0 atom stereocenters. The van der Waals surface area contributed by atoms with E-state index in [9.17, 15) is 19.8 Å². The predicted octanol–water partition coefficient (Wildman–Crippen LogP) is 5.17. The largest absolute Gasteiger partial charge is 0.507 e. The zero-order valence-electron chi connectivity index (χ0n) is 20.3. The molecule has 0 saturated heterocycles. The van der Waals surface area contributed by atoms with Crippen LogP contribution in [0.5, 0.6) is 11.5 Å². The highest BCUT2D eigenvalue weighted by atomic mass is 16.4. The fourth-order valence-electron chi connectivity index (χ4n) is 4.56. The first kappa shape index (κ1) is 23.2. The van der Waals surface area contributed by atoms with Crippen LogP contribution in [0.25, 0.3) is 21.9 Å². The molecule has 0 aliphatic heterocycles. The summed E-state index contributed by atoms with van der Waals surface area (Å²) in [5, 5.41) is 23.3. The van der Waals surface area contributed by atoms with Gasteiger partial charge in [0.2, 0.25) is 0 Å². The Balaban J connectivity index is 1.87. The lowest BCUT2D eigenvalue weighted by Crippen LogP contribution is -2.21. The van der Waals surface area contributed by atoms with E-state index in [-0.39, 0.29) is 33.8 Å². The van der Waals surface area contributed by atoms with Crippen molar-refractivity contribution in [1.82, 2.24) is 0 Å². The van der Waals surface area contributed by atoms with E-state index in [4.69, 9.17) is 8.83 Å². The van der Waals surface area contributed by atoms with Crippen LogP contribution in [0.4, 0.5) is 5.69 Å². The van der Waals surface area contributed by atoms with Gasteiger partial charge in [-0.3, -0.25) is 0 Å². The molecule has 36 heavy (non-hydrogen) atoms. The van der Waals surface area contributed by atoms with E-state index in [0.717, 1.165) is 16.8 Å². The van der Waals surface area contributed by atoms with E-state index in [1.165, 1.54) is 0 Å². The number of hydrogen-bond donors (Lipinski definition) is 2. The average molecular weight is 484 g/mol. The molecule has 0 aliphatic carbocycles. The van der Waals surface area contributed by atoms with Crippen molar-refractivity contribution in [3.63, 3.8) is 0 Å². The quantitative estimate of drug-likeness (QED) is 0.340. The first-order chi connectivity index (χ1) is 17.2. The van der Waals surface area contributed by atoms with Crippen molar-refractivity contribution in [2.75, 3.05) is 19.0 Å². The molecule has 5 rings (SSSR count). The van der Waals surface area contributed by atoms with Gasteiger partial charge in [0.15, 0.2) is 0 Å². The molecule has 2 aromatic heterocycles. The van der Waals surface area contributed by atoms with Crippen LogP contribution in [-0.2, 0) is 0 Å². The Labute approximate surface area is 206 Å². The smallest absolute Gasteiger partial charge is 0.344 e. The molecule has 0 unspecified atom stereocenters. The Hall–Kier alpha value is -4.52. The van der Waals surface area contributed by atoms with Gasteiger partial charge in [-0.25, -0.2) is 9.59 Å². The second-order valence-electron chi connectivity index (χ2n) is 9.22. The molecular weight excluding hydrogens is 458 g/mol. The molecule has 2 N–H and O–H groups in total. The van der Waals surface area contributed by atoms with Crippen LogP contribution in [0.1, 0.15) is 33.7 Å². The number of nitrogens with zero attached hydrogens (tertiary/aromatic N) is 1. The van der Waals surface area contributed by atoms with Gasteiger partial charge in [-0.2, -0.15) is 0 Å². The van der Waals surface area contributed by atoms with Crippen LogP contribution in [-0.4, -0.2) is 24.3 Å². The Bertz CT molecular complexity index is 1640. The summed E-state index contributed by atoms with van der Waals surface area (Å²) >= 11 is 0. The normalized spacial score (nSPS) is 11.5. The zero-order valence-corrected chi connectivity index (χ0v) is 20.3. The van der Waals surface area contributed by atoms with Gasteiger partial charge in [-0.05, 0) is 66.9 Å². The molecule has 0 bridgehead atoms. The SMILES string of the molecule is Cc1ccc2c(O)c(C(c3ccc(N(C)C)cc3)c3c(O)c4ccc(C)cc4oc3=O)c(=O)oc2c1. The van der Waals surface area contributed by atoms with Gasteiger partial charge in [-0.1, -0.05) is 24.3 Å². The van der Waals surface area contributed by atoms with E-state index in [1.54, 1.807) is 48.5 Å². The Morgan fingerprint density at radius 1 is 0.694 bits per heavy atom. The molecule has 0 aliphatic rings. The second-order valence-corrected chi connectivity index (χ2v) is 9.22. The monoisotopic (exact) mass is 483 g/mol. The summed E-state index contributed by atoms with van der Waals surface area (Å²) in [6.07, 6.45) is 0. The van der Waals surface area contributed by atoms with Gasteiger partial charge in [0, 0.05) is 19.8 Å². The molecule has 0 amide bonds. The number of aromatic hydroxyl groups is 2. The standard InChI is InChI=1S/C29H25NO6/c1-15-5-11-19-21(13-15)35-28(33)24(26(19)31)23(17-7-9-18(10-8-17)30(3)4)25-27(32)20-12-6-16(2)14-22(20)36-29(25)34/h5-14,23,31-32H,1-4H3. The molecule has 182 valence electrons. The Morgan fingerprint density at radius 3 is 1.56 bits per heavy atom. The van der Waals surface area contributed by atoms with E-state index >= 15 is 0 Å². The maximum absolute atomic E-state index is 13.3. The molecule has 0 fully saturated rings. The summed E-state index contributed by atoms with van der Waals surface area (Å²) in [4.78, 5) is 28.5. The predicted molar refractivity (Wildman–Crippen MR) is 139 cm³/mol. The topological polar surface area (TPSA) is 104 Å². The molecule has 5 aromatic rings. The highest BCUT2D eigenvalue weighted by molar-refractivity contribution is 5.87. The average Bonchev–Trinajstić information content (AvgIpc) is 2.82. The van der Waals surface area contributed by atoms with Crippen LogP contribution in [0.2, 0.25) is 0 Å². The maximum Gasteiger partial charge on any atom is 0.344 e. The van der Waals surface area contributed by atoms with Crippen molar-refractivity contribution in [3.8, 4) is 11.5 Å². The first-order valence-corrected chi connectivity index (χ1v) is 11.5. The third-order valence-corrected chi connectivity index (χ3v) is 6.46. The number of rotatable bonds is 4. The minimum atomic E-state index is -1.15. The molecule has 7 heteroatoms.